The first-order valence-electron chi connectivity index (χ1n) is 4.91. The summed E-state index contributed by atoms with van der Waals surface area (Å²) in [6.07, 6.45) is -5.91. The Labute approximate surface area is 90.0 Å². The van der Waals surface area contributed by atoms with Gasteiger partial charge < -0.3 is 4.74 Å². The fourth-order valence-electron chi connectivity index (χ4n) is 1.73. The highest BCUT2D eigenvalue weighted by molar-refractivity contribution is 5.27. The zero-order valence-corrected chi connectivity index (χ0v) is 8.30. The van der Waals surface area contributed by atoms with Gasteiger partial charge in [-0.3, -0.25) is 0 Å². The van der Waals surface area contributed by atoms with Gasteiger partial charge in [0.1, 0.15) is 12.3 Å². The fraction of sp³-hybridized carbons (Fsp3) is 0.455. The lowest BCUT2D eigenvalue weighted by Gasteiger charge is -2.13. The molecule has 88 valence electrons. The first kappa shape index (κ1) is 11.4. The molecule has 0 aromatic heterocycles. The van der Waals surface area contributed by atoms with Crippen LogP contribution in [0, 0.1) is 0 Å². The predicted octanol–water partition coefficient (Wildman–Crippen LogP) is 3.50. The summed E-state index contributed by atoms with van der Waals surface area (Å²) in [4.78, 5) is 0. The van der Waals surface area contributed by atoms with E-state index in [0.29, 0.717) is 18.6 Å². The summed E-state index contributed by atoms with van der Waals surface area (Å²) in [6.45, 7) is 0.312. The van der Waals surface area contributed by atoms with Crippen LogP contribution in [-0.2, 0) is 10.9 Å². The molecular weight excluding hydrogens is 224 g/mol. The molecule has 0 N–H and O–H groups in total. The molecule has 2 atom stereocenters. The highest BCUT2D eigenvalue weighted by atomic mass is 19.4. The van der Waals surface area contributed by atoms with Gasteiger partial charge in [0.05, 0.1) is 12.2 Å². The summed E-state index contributed by atoms with van der Waals surface area (Å²) >= 11 is 0. The maximum absolute atomic E-state index is 13.3. The molecular formula is C11H10F4O. The van der Waals surface area contributed by atoms with Gasteiger partial charge >= 0.3 is 6.18 Å². The summed E-state index contributed by atoms with van der Waals surface area (Å²) in [7, 11) is 0. The van der Waals surface area contributed by atoms with Gasteiger partial charge in [-0.05, 0) is 17.7 Å². The van der Waals surface area contributed by atoms with Crippen molar-refractivity contribution in [1.29, 1.82) is 0 Å². The number of rotatable bonds is 1. The van der Waals surface area contributed by atoms with Crippen molar-refractivity contribution >= 4 is 0 Å². The number of hydrogen-bond acceptors (Lipinski definition) is 1. The van der Waals surface area contributed by atoms with E-state index in [4.69, 9.17) is 4.74 Å². The van der Waals surface area contributed by atoms with E-state index >= 15 is 0 Å². The number of hydrogen-bond donors (Lipinski definition) is 0. The second-order valence-corrected chi connectivity index (χ2v) is 3.72. The minimum Gasteiger partial charge on any atom is -0.370 e. The Morgan fingerprint density at radius 3 is 2.19 bits per heavy atom. The highest BCUT2D eigenvalue weighted by Crippen LogP contribution is 2.34. The maximum Gasteiger partial charge on any atom is 0.416 e. The predicted molar refractivity (Wildman–Crippen MR) is 49.7 cm³/mol. The molecule has 0 aliphatic carbocycles. The van der Waals surface area contributed by atoms with E-state index in [1.165, 1.54) is 12.1 Å². The SMILES string of the molecule is FC1CCOC1c1ccc(C(F)(F)F)cc1. The molecule has 2 rings (SSSR count). The molecule has 5 heteroatoms. The Bertz CT molecular complexity index is 357. The second-order valence-electron chi connectivity index (χ2n) is 3.72. The van der Waals surface area contributed by atoms with Crippen LogP contribution in [0.2, 0.25) is 0 Å². The zero-order valence-electron chi connectivity index (χ0n) is 8.30. The number of halogens is 4. The molecule has 1 nitrogen and oxygen atoms in total. The van der Waals surface area contributed by atoms with E-state index in [1.54, 1.807) is 0 Å². The third-order valence-electron chi connectivity index (χ3n) is 2.59. The van der Waals surface area contributed by atoms with Crippen LogP contribution in [0.1, 0.15) is 23.7 Å². The molecule has 0 spiro atoms. The summed E-state index contributed by atoms with van der Waals surface area (Å²) in [5.74, 6) is 0. The van der Waals surface area contributed by atoms with E-state index < -0.39 is 24.0 Å². The Morgan fingerprint density at radius 1 is 1.12 bits per heavy atom. The van der Waals surface area contributed by atoms with E-state index in [-0.39, 0.29) is 0 Å². The minimum absolute atomic E-state index is 0.297. The highest BCUT2D eigenvalue weighted by Gasteiger charge is 2.32. The normalized spacial score (nSPS) is 26.0. The van der Waals surface area contributed by atoms with E-state index in [2.05, 4.69) is 0 Å². The Morgan fingerprint density at radius 2 is 1.75 bits per heavy atom. The van der Waals surface area contributed by atoms with Crippen LogP contribution >= 0.6 is 0 Å². The molecule has 2 unspecified atom stereocenters. The number of ether oxygens (including phenoxy) is 1. The molecule has 1 aromatic rings. The average molecular weight is 234 g/mol. The lowest BCUT2D eigenvalue weighted by molar-refractivity contribution is -0.137. The van der Waals surface area contributed by atoms with Gasteiger partial charge in [-0.15, -0.1) is 0 Å². The van der Waals surface area contributed by atoms with Crippen LogP contribution in [-0.4, -0.2) is 12.8 Å². The molecule has 0 saturated carbocycles. The molecule has 1 heterocycles. The van der Waals surface area contributed by atoms with Gasteiger partial charge in [-0.1, -0.05) is 12.1 Å². The molecule has 0 amide bonds. The summed E-state index contributed by atoms with van der Waals surface area (Å²) in [5.41, 5.74) is -0.275. The number of alkyl halides is 4. The van der Waals surface area contributed by atoms with Gasteiger partial charge in [-0.2, -0.15) is 13.2 Å². The lowest BCUT2D eigenvalue weighted by Crippen LogP contribution is -2.09. The zero-order chi connectivity index (χ0) is 11.8. The topological polar surface area (TPSA) is 9.23 Å². The average Bonchev–Trinajstić information content (AvgIpc) is 2.63. The third kappa shape index (κ3) is 2.19. The van der Waals surface area contributed by atoms with Crippen molar-refractivity contribution in [3.63, 3.8) is 0 Å². The number of benzene rings is 1. The molecule has 1 aromatic carbocycles. The maximum atomic E-state index is 13.3. The molecule has 1 aliphatic heterocycles. The first-order chi connectivity index (χ1) is 7.48. The quantitative estimate of drug-likeness (QED) is 0.676. The van der Waals surface area contributed by atoms with E-state index in [0.717, 1.165) is 12.1 Å². The first-order valence-corrected chi connectivity index (χ1v) is 4.91. The molecule has 0 radical (unpaired) electrons. The van der Waals surface area contributed by atoms with E-state index in [1.807, 2.05) is 0 Å². The van der Waals surface area contributed by atoms with Gasteiger partial charge in [0.2, 0.25) is 0 Å². The van der Waals surface area contributed by atoms with Crippen molar-refractivity contribution < 1.29 is 22.3 Å². The van der Waals surface area contributed by atoms with Gasteiger partial charge in [-0.25, -0.2) is 4.39 Å². The summed E-state index contributed by atoms with van der Waals surface area (Å²) in [5, 5.41) is 0. The molecule has 1 fully saturated rings. The van der Waals surface area contributed by atoms with Crippen molar-refractivity contribution in [2.75, 3.05) is 6.61 Å². The van der Waals surface area contributed by atoms with Crippen LogP contribution < -0.4 is 0 Å². The standard InChI is InChI=1S/C11H10F4O/c12-9-5-6-16-10(9)7-1-3-8(4-2-7)11(13,14)15/h1-4,9-10H,5-6H2. The van der Waals surface area contributed by atoms with Crippen molar-refractivity contribution in [2.45, 2.75) is 24.9 Å². The van der Waals surface area contributed by atoms with Crippen molar-refractivity contribution in [3.8, 4) is 0 Å². The summed E-state index contributed by atoms with van der Waals surface area (Å²) < 4.78 is 55.2. The molecule has 1 aliphatic rings. The van der Waals surface area contributed by atoms with Crippen molar-refractivity contribution in [2.24, 2.45) is 0 Å². The van der Waals surface area contributed by atoms with Crippen LogP contribution in [0.5, 0.6) is 0 Å². The Hall–Kier alpha value is -1.10. The Balaban J connectivity index is 2.19. The molecule has 16 heavy (non-hydrogen) atoms. The van der Waals surface area contributed by atoms with Crippen molar-refractivity contribution in [3.05, 3.63) is 35.4 Å². The van der Waals surface area contributed by atoms with Crippen LogP contribution in [0.4, 0.5) is 17.6 Å². The van der Waals surface area contributed by atoms with E-state index in [9.17, 15) is 17.6 Å². The van der Waals surface area contributed by atoms with Gasteiger partial charge in [0.25, 0.3) is 0 Å². The van der Waals surface area contributed by atoms with Crippen LogP contribution in [0.25, 0.3) is 0 Å². The third-order valence-corrected chi connectivity index (χ3v) is 2.59. The largest absolute Gasteiger partial charge is 0.416 e. The van der Waals surface area contributed by atoms with Crippen LogP contribution in [0.15, 0.2) is 24.3 Å². The lowest BCUT2D eigenvalue weighted by atomic mass is 10.0. The monoisotopic (exact) mass is 234 g/mol. The van der Waals surface area contributed by atoms with Gasteiger partial charge in [0, 0.05) is 6.42 Å². The minimum atomic E-state index is -4.36. The van der Waals surface area contributed by atoms with Crippen LogP contribution in [0.3, 0.4) is 0 Å². The Kier molecular flexibility index (Phi) is 2.88. The summed E-state index contributed by atoms with van der Waals surface area (Å²) in [6, 6.07) is 4.43. The van der Waals surface area contributed by atoms with Gasteiger partial charge in [0.15, 0.2) is 0 Å². The smallest absolute Gasteiger partial charge is 0.370 e. The molecule has 0 bridgehead atoms. The molecule has 1 saturated heterocycles. The fourth-order valence-corrected chi connectivity index (χ4v) is 1.73. The van der Waals surface area contributed by atoms with Crippen molar-refractivity contribution in [1.82, 2.24) is 0 Å². The second kappa shape index (κ2) is 4.05.